The van der Waals surface area contributed by atoms with Crippen LogP contribution in [0.1, 0.15) is 5.56 Å². The third kappa shape index (κ3) is 2.88. The fourth-order valence-corrected chi connectivity index (χ4v) is 3.23. The van der Waals surface area contributed by atoms with E-state index in [9.17, 15) is 8.42 Å². The van der Waals surface area contributed by atoms with Crippen molar-refractivity contribution in [3.05, 3.63) is 48.0 Å². The van der Waals surface area contributed by atoms with Gasteiger partial charge >= 0.3 is 0 Å². The molecule has 0 saturated carbocycles. The summed E-state index contributed by atoms with van der Waals surface area (Å²) in [5, 5.41) is 8.88. The van der Waals surface area contributed by atoms with Crippen molar-refractivity contribution in [2.75, 3.05) is 13.2 Å². The van der Waals surface area contributed by atoms with Crippen molar-refractivity contribution in [1.82, 2.24) is 4.72 Å². The maximum atomic E-state index is 12.1. The van der Waals surface area contributed by atoms with Gasteiger partial charge in [0.2, 0.25) is 10.0 Å². The maximum absolute atomic E-state index is 12.1. The Hall–Kier alpha value is -2.56. The molecule has 0 amide bonds. The lowest BCUT2D eigenvalue weighted by Crippen LogP contribution is -2.24. The Bertz CT molecular complexity index is 856. The molecule has 0 atom stereocenters. The van der Waals surface area contributed by atoms with E-state index in [2.05, 4.69) is 4.72 Å². The molecule has 7 heteroatoms. The van der Waals surface area contributed by atoms with Crippen molar-refractivity contribution in [3.8, 4) is 23.3 Å². The highest BCUT2D eigenvalue weighted by atomic mass is 32.2. The molecule has 0 bridgehead atoms. The van der Waals surface area contributed by atoms with Gasteiger partial charge in [0.05, 0.1) is 11.6 Å². The van der Waals surface area contributed by atoms with Gasteiger partial charge in [-0.3, -0.25) is 0 Å². The van der Waals surface area contributed by atoms with Crippen LogP contribution in [-0.2, 0) is 10.0 Å². The van der Waals surface area contributed by atoms with Gasteiger partial charge in [-0.2, -0.15) is 5.26 Å². The molecule has 3 rings (SSSR count). The minimum atomic E-state index is -3.61. The van der Waals surface area contributed by atoms with Crippen LogP contribution in [0.25, 0.3) is 0 Å². The van der Waals surface area contributed by atoms with Crippen LogP contribution in [0.4, 0.5) is 0 Å². The van der Waals surface area contributed by atoms with Crippen molar-refractivity contribution in [3.63, 3.8) is 0 Å². The standard InChI is InChI=1S/C15H12N2O4S/c16-10-11-2-1-3-12(8-11)21-13-4-5-14-15(9-13)22(18,19)17-6-7-20-14/h1-5,8-9,17H,6-7H2. The lowest BCUT2D eigenvalue weighted by atomic mass is 10.2. The Morgan fingerprint density at radius 2 is 2.00 bits per heavy atom. The summed E-state index contributed by atoms with van der Waals surface area (Å²) in [7, 11) is -3.61. The van der Waals surface area contributed by atoms with E-state index in [1.54, 1.807) is 36.4 Å². The first-order valence-corrected chi connectivity index (χ1v) is 8.01. The molecule has 1 aliphatic rings. The summed E-state index contributed by atoms with van der Waals surface area (Å²) in [6.07, 6.45) is 0. The Kier molecular flexibility index (Phi) is 3.71. The van der Waals surface area contributed by atoms with Gasteiger partial charge in [-0.25, -0.2) is 13.1 Å². The number of rotatable bonds is 2. The summed E-state index contributed by atoms with van der Waals surface area (Å²) in [4.78, 5) is 0.0407. The van der Waals surface area contributed by atoms with Crippen LogP contribution in [-0.4, -0.2) is 21.6 Å². The van der Waals surface area contributed by atoms with Gasteiger partial charge in [-0.1, -0.05) is 6.07 Å². The van der Waals surface area contributed by atoms with Crippen LogP contribution in [0.5, 0.6) is 17.2 Å². The quantitative estimate of drug-likeness (QED) is 0.915. The lowest BCUT2D eigenvalue weighted by Gasteiger charge is -2.10. The second-order valence-electron chi connectivity index (χ2n) is 4.60. The highest BCUT2D eigenvalue weighted by Gasteiger charge is 2.23. The third-order valence-electron chi connectivity index (χ3n) is 3.06. The molecule has 2 aromatic rings. The SMILES string of the molecule is N#Cc1cccc(Oc2ccc3c(c2)S(=O)(=O)NCCO3)c1. The number of nitrogens with zero attached hydrogens (tertiary/aromatic N) is 1. The van der Waals surface area contributed by atoms with E-state index in [0.717, 1.165) is 0 Å². The van der Waals surface area contributed by atoms with Gasteiger partial charge in [0, 0.05) is 12.6 Å². The molecule has 1 aliphatic heterocycles. The van der Waals surface area contributed by atoms with Crippen LogP contribution in [0.15, 0.2) is 47.4 Å². The summed E-state index contributed by atoms with van der Waals surface area (Å²) in [6, 6.07) is 13.2. The van der Waals surface area contributed by atoms with E-state index >= 15 is 0 Å². The Morgan fingerprint density at radius 3 is 2.82 bits per heavy atom. The summed E-state index contributed by atoms with van der Waals surface area (Å²) in [6.45, 7) is 0.494. The fourth-order valence-electron chi connectivity index (χ4n) is 2.06. The number of nitriles is 1. The van der Waals surface area contributed by atoms with Crippen molar-refractivity contribution in [1.29, 1.82) is 5.26 Å². The molecule has 1 N–H and O–H groups in total. The second-order valence-corrected chi connectivity index (χ2v) is 6.33. The van der Waals surface area contributed by atoms with Crippen molar-refractivity contribution >= 4 is 10.0 Å². The van der Waals surface area contributed by atoms with E-state index in [0.29, 0.717) is 22.8 Å². The third-order valence-corrected chi connectivity index (χ3v) is 4.54. The van der Waals surface area contributed by atoms with Gasteiger partial charge in [0.1, 0.15) is 28.8 Å². The molecule has 22 heavy (non-hydrogen) atoms. The molecular weight excluding hydrogens is 304 g/mol. The van der Waals surface area contributed by atoms with E-state index in [1.165, 1.54) is 6.07 Å². The molecule has 0 fully saturated rings. The van der Waals surface area contributed by atoms with Gasteiger partial charge in [-0.05, 0) is 30.3 Å². The van der Waals surface area contributed by atoms with E-state index in [-0.39, 0.29) is 18.0 Å². The molecule has 112 valence electrons. The van der Waals surface area contributed by atoms with Crippen molar-refractivity contribution in [2.45, 2.75) is 4.90 Å². The van der Waals surface area contributed by atoms with E-state index in [1.807, 2.05) is 6.07 Å². The first-order chi connectivity index (χ1) is 10.6. The number of hydrogen-bond acceptors (Lipinski definition) is 5. The molecule has 0 unspecified atom stereocenters. The predicted molar refractivity (Wildman–Crippen MR) is 78.4 cm³/mol. The van der Waals surface area contributed by atoms with Gasteiger partial charge in [-0.15, -0.1) is 0 Å². The van der Waals surface area contributed by atoms with Crippen LogP contribution < -0.4 is 14.2 Å². The number of sulfonamides is 1. The smallest absolute Gasteiger partial charge is 0.244 e. The zero-order valence-electron chi connectivity index (χ0n) is 11.4. The lowest BCUT2D eigenvalue weighted by molar-refractivity contribution is 0.320. The monoisotopic (exact) mass is 316 g/mol. The summed E-state index contributed by atoms with van der Waals surface area (Å²) < 4.78 is 37.7. The highest BCUT2D eigenvalue weighted by Crippen LogP contribution is 2.32. The van der Waals surface area contributed by atoms with Crippen LogP contribution >= 0.6 is 0 Å². The highest BCUT2D eigenvalue weighted by molar-refractivity contribution is 7.89. The predicted octanol–water partition coefficient (Wildman–Crippen LogP) is 2.02. The number of ether oxygens (including phenoxy) is 2. The zero-order chi connectivity index (χ0) is 15.6. The minimum absolute atomic E-state index is 0.0407. The number of nitrogens with one attached hydrogen (secondary N) is 1. The molecule has 0 radical (unpaired) electrons. The van der Waals surface area contributed by atoms with Crippen LogP contribution in [0, 0.1) is 11.3 Å². The summed E-state index contributed by atoms with van der Waals surface area (Å²) in [5.74, 6) is 1.10. The van der Waals surface area contributed by atoms with Crippen LogP contribution in [0.3, 0.4) is 0 Å². The first kappa shape index (κ1) is 14.4. The van der Waals surface area contributed by atoms with E-state index < -0.39 is 10.0 Å². The fraction of sp³-hybridized carbons (Fsp3) is 0.133. The maximum Gasteiger partial charge on any atom is 0.244 e. The molecule has 0 saturated heterocycles. The molecule has 0 spiro atoms. The average molecular weight is 316 g/mol. The Morgan fingerprint density at radius 1 is 1.18 bits per heavy atom. The van der Waals surface area contributed by atoms with Gasteiger partial charge in [0.15, 0.2) is 0 Å². The molecule has 6 nitrogen and oxygen atoms in total. The largest absolute Gasteiger partial charge is 0.491 e. The second kappa shape index (κ2) is 5.67. The molecular formula is C15H12N2O4S. The molecule has 1 heterocycles. The molecule has 0 aliphatic carbocycles. The van der Waals surface area contributed by atoms with Crippen molar-refractivity contribution < 1.29 is 17.9 Å². The molecule has 2 aromatic carbocycles. The van der Waals surface area contributed by atoms with E-state index in [4.69, 9.17) is 14.7 Å². The summed E-state index contributed by atoms with van der Waals surface area (Å²) >= 11 is 0. The summed E-state index contributed by atoms with van der Waals surface area (Å²) in [5.41, 5.74) is 0.463. The normalized spacial score (nSPS) is 15.8. The van der Waals surface area contributed by atoms with Gasteiger partial charge in [0.25, 0.3) is 0 Å². The van der Waals surface area contributed by atoms with Crippen LogP contribution in [0.2, 0.25) is 0 Å². The molecule has 0 aromatic heterocycles. The minimum Gasteiger partial charge on any atom is -0.491 e. The number of benzene rings is 2. The number of fused-ring (bicyclic) bond motifs is 1. The topological polar surface area (TPSA) is 88.4 Å². The average Bonchev–Trinajstić information content (AvgIpc) is 2.66. The Labute approximate surface area is 128 Å². The Balaban J connectivity index is 1.96. The van der Waals surface area contributed by atoms with Gasteiger partial charge < -0.3 is 9.47 Å². The zero-order valence-corrected chi connectivity index (χ0v) is 12.3. The van der Waals surface area contributed by atoms with Crippen molar-refractivity contribution in [2.24, 2.45) is 0 Å². The number of hydrogen-bond donors (Lipinski definition) is 1. The first-order valence-electron chi connectivity index (χ1n) is 6.53.